The minimum atomic E-state index is -0.411. The zero-order valence-corrected chi connectivity index (χ0v) is 11.7. The third kappa shape index (κ3) is 2.79. The Morgan fingerprint density at radius 3 is 2.71 bits per heavy atom. The standard InChI is InChI=1S/C15H17N3O3/c19-14-9-16-15(10-4-2-1-3-5-10)12-8-11(18(20)21)6-7-13(12)17-14/h6-8,10H,1-5,9H2,(H,17,19). The molecule has 1 heterocycles. The molecule has 1 aromatic rings. The Balaban J connectivity index is 2.05. The van der Waals surface area contributed by atoms with Crippen LogP contribution in [0.5, 0.6) is 0 Å². The fourth-order valence-electron chi connectivity index (χ4n) is 3.12. The molecule has 1 aliphatic carbocycles. The van der Waals surface area contributed by atoms with E-state index in [2.05, 4.69) is 10.3 Å². The quantitative estimate of drug-likeness (QED) is 0.670. The maximum absolute atomic E-state index is 11.7. The number of nitrogens with zero attached hydrogens (tertiary/aromatic N) is 2. The summed E-state index contributed by atoms with van der Waals surface area (Å²) in [7, 11) is 0. The molecule has 1 aromatic carbocycles. The van der Waals surface area contributed by atoms with Crippen LogP contribution >= 0.6 is 0 Å². The lowest BCUT2D eigenvalue weighted by molar-refractivity contribution is -0.384. The maximum Gasteiger partial charge on any atom is 0.270 e. The van der Waals surface area contributed by atoms with E-state index in [1.54, 1.807) is 6.07 Å². The molecule has 0 atom stereocenters. The van der Waals surface area contributed by atoms with E-state index < -0.39 is 4.92 Å². The van der Waals surface area contributed by atoms with Crippen molar-refractivity contribution in [2.24, 2.45) is 10.9 Å². The number of amides is 1. The average Bonchev–Trinajstić information content (AvgIpc) is 2.65. The van der Waals surface area contributed by atoms with Crippen molar-refractivity contribution in [2.45, 2.75) is 32.1 Å². The number of anilines is 1. The van der Waals surface area contributed by atoms with Crippen LogP contribution in [0, 0.1) is 16.0 Å². The number of carbonyl (C=O) groups is 1. The third-order valence-corrected chi connectivity index (χ3v) is 4.15. The monoisotopic (exact) mass is 287 g/mol. The number of nitro groups is 1. The van der Waals surface area contributed by atoms with Gasteiger partial charge in [-0.1, -0.05) is 19.3 Å². The Kier molecular flexibility index (Phi) is 3.68. The van der Waals surface area contributed by atoms with E-state index in [0.29, 0.717) is 17.2 Å². The molecule has 110 valence electrons. The van der Waals surface area contributed by atoms with Crippen LogP contribution in [0.2, 0.25) is 0 Å². The molecule has 1 fully saturated rings. The topological polar surface area (TPSA) is 84.6 Å². The summed E-state index contributed by atoms with van der Waals surface area (Å²) in [6, 6.07) is 4.56. The fraction of sp³-hybridized carbons (Fsp3) is 0.467. The highest BCUT2D eigenvalue weighted by Gasteiger charge is 2.26. The van der Waals surface area contributed by atoms with E-state index in [-0.39, 0.29) is 18.1 Å². The Morgan fingerprint density at radius 1 is 1.24 bits per heavy atom. The Hall–Kier alpha value is -2.24. The summed E-state index contributed by atoms with van der Waals surface area (Å²) >= 11 is 0. The molecule has 1 amide bonds. The lowest BCUT2D eigenvalue weighted by Gasteiger charge is -2.23. The zero-order valence-electron chi connectivity index (χ0n) is 11.7. The van der Waals surface area contributed by atoms with E-state index >= 15 is 0 Å². The van der Waals surface area contributed by atoms with Crippen molar-refractivity contribution < 1.29 is 9.72 Å². The van der Waals surface area contributed by atoms with Crippen LogP contribution < -0.4 is 5.32 Å². The van der Waals surface area contributed by atoms with Crippen LogP contribution in [-0.2, 0) is 4.79 Å². The van der Waals surface area contributed by atoms with E-state index in [0.717, 1.165) is 31.4 Å². The van der Waals surface area contributed by atoms with Gasteiger partial charge in [-0.25, -0.2) is 0 Å². The van der Waals surface area contributed by atoms with Gasteiger partial charge in [0.2, 0.25) is 5.91 Å². The SMILES string of the molecule is O=C1CN=C(C2CCCCC2)c2cc([N+](=O)[O-])ccc2N1. The molecule has 21 heavy (non-hydrogen) atoms. The van der Waals surface area contributed by atoms with E-state index in [9.17, 15) is 14.9 Å². The molecule has 0 radical (unpaired) electrons. The molecule has 6 heteroatoms. The van der Waals surface area contributed by atoms with Gasteiger partial charge in [0, 0.05) is 29.3 Å². The fourth-order valence-corrected chi connectivity index (χ4v) is 3.12. The number of benzene rings is 1. The predicted molar refractivity (Wildman–Crippen MR) is 79.7 cm³/mol. The second-order valence-electron chi connectivity index (χ2n) is 5.57. The smallest absolute Gasteiger partial charge is 0.270 e. The van der Waals surface area contributed by atoms with Crippen molar-refractivity contribution in [1.82, 2.24) is 0 Å². The maximum atomic E-state index is 11.7. The number of aliphatic imine (C=N–C) groups is 1. The molecule has 0 spiro atoms. The van der Waals surface area contributed by atoms with Crippen LogP contribution in [0.1, 0.15) is 37.7 Å². The van der Waals surface area contributed by atoms with E-state index in [4.69, 9.17) is 0 Å². The van der Waals surface area contributed by atoms with Crippen LogP contribution in [0.25, 0.3) is 0 Å². The number of nitro benzene ring substituents is 1. The Labute approximate surface area is 122 Å². The molecular weight excluding hydrogens is 270 g/mol. The van der Waals surface area contributed by atoms with Gasteiger partial charge in [0.05, 0.1) is 10.6 Å². The summed E-state index contributed by atoms with van der Waals surface area (Å²) in [5.41, 5.74) is 2.23. The number of carbonyl (C=O) groups excluding carboxylic acids is 1. The first kappa shape index (κ1) is 13.7. The van der Waals surface area contributed by atoms with E-state index in [1.165, 1.54) is 18.6 Å². The molecule has 2 aliphatic rings. The molecule has 1 saturated carbocycles. The number of benzodiazepines with no additional fused rings is 1. The van der Waals surface area contributed by atoms with Gasteiger partial charge in [0.1, 0.15) is 6.54 Å². The summed E-state index contributed by atoms with van der Waals surface area (Å²) in [4.78, 5) is 26.8. The lowest BCUT2D eigenvalue weighted by atomic mass is 9.82. The second kappa shape index (κ2) is 5.63. The van der Waals surface area contributed by atoms with Crippen molar-refractivity contribution >= 4 is 23.0 Å². The summed E-state index contributed by atoms with van der Waals surface area (Å²) in [6.07, 6.45) is 5.59. The Morgan fingerprint density at radius 2 is 2.00 bits per heavy atom. The van der Waals surface area contributed by atoms with Gasteiger partial charge in [0.15, 0.2) is 0 Å². The van der Waals surface area contributed by atoms with Crippen molar-refractivity contribution in [3.8, 4) is 0 Å². The van der Waals surface area contributed by atoms with Gasteiger partial charge in [-0.15, -0.1) is 0 Å². The van der Waals surface area contributed by atoms with Crippen molar-refractivity contribution in [2.75, 3.05) is 11.9 Å². The lowest BCUT2D eigenvalue weighted by Crippen LogP contribution is -2.19. The first-order valence-electron chi connectivity index (χ1n) is 7.28. The van der Waals surface area contributed by atoms with Gasteiger partial charge in [-0.2, -0.15) is 0 Å². The normalized spacial score (nSPS) is 19.2. The molecule has 0 bridgehead atoms. The molecule has 0 unspecified atom stereocenters. The summed E-state index contributed by atoms with van der Waals surface area (Å²) < 4.78 is 0. The average molecular weight is 287 g/mol. The number of rotatable bonds is 2. The number of fused-ring (bicyclic) bond motifs is 1. The number of non-ortho nitro benzene ring substituents is 1. The van der Waals surface area contributed by atoms with Gasteiger partial charge >= 0.3 is 0 Å². The number of nitrogens with one attached hydrogen (secondary N) is 1. The van der Waals surface area contributed by atoms with E-state index in [1.807, 2.05) is 0 Å². The molecule has 1 aliphatic heterocycles. The van der Waals surface area contributed by atoms with Crippen LogP contribution in [0.15, 0.2) is 23.2 Å². The Bertz CT molecular complexity index is 619. The highest BCUT2D eigenvalue weighted by atomic mass is 16.6. The first-order chi connectivity index (χ1) is 10.1. The first-order valence-corrected chi connectivity index (χ1v) is 7.28. The molecule has 0 saturated heterocycles. The molecule has 0 aromatic heterocycles. The molecular formula is C15H17N3O3. The summed E-state index contributed by atoms with van der Waals surface area (Å²) in [5, 5.41) is 13.8. The van der Waals surface area contributed by atoms with Crippen molar-refractivity contribution in [1.29, 1.82) is 0 Å². The highest BCUT2D eigenvalue weighted by molar-refractivity contribution is 6.12. The summed E-state index contributed by atoms with van der Waals surface area (Å²) in [5.74, 6) is 0.128. The van der Waals surface area contributed by atoms with Gasteiger partial charge in [0.25, 0.3) is 5.69 Å². The number of hydrogen-bond donors (Lipinski definition) is 1. The summed E-state index contributed by atoms with van der Waals surface area (Å²) in [6.45, 7) is 0.0916. The minimum absolute atomic E-state index is 0.0356. The van der Waals surface area contributed by atoms with Crippen LogP contribution in [-0.4, -0.2) is 23.1 Å². The largest absolute Gasteiger partial charge is 0.324 e. The van der Waals surface area contributed by atoms with Crippen LogP contribution in [0.4, 0.5) is 11.4 Å². The van der Waals surface area contributed by atoms with Gasteiger partial charge in [-0.05, 0) is 18.9 Å². The zero-order chi connectivity index (χ0) is 14.8. The third-order valence-electron chi connectivity index (χ3n) is 4.15. The minimum Gasteiger partial charge on any atom is -0.324 e. The number of hydrogen-bond acceptors (Lipinski definition) is 4. The van der Waals surface area contributed by atoms with Crippen molar-refractivity contribution in [3.63, 3.8) is 0 Å². The van der Waals surface area contributed by atoms with Crippen LogP contribution in [0.3, 0.4) is 0 Å². The second-order valence-corrected chi connectivity index (χ2v) is 5.57. The van der Waals surface area contributed by atoms with Crippen molar-refractivity contribution in [3.05, 3.63) is 33.9 Å². The predicted octanol–water partition coefficient (Wildman–Crippen LogP) is 2.92. The molecule has 3 rings (SSSR count). The molecule has 6 nitrogen and oxygen atoms in total. The highest BCUT2D eigenvalue weighted by Crippen LogP contribution is 2.32. The van der Waals surface area contributed by atoms with Gasteiger partial charge in [-0.3, -0.25) is 19.9 Å². The molecule has 1 N–H and O–H groups in total. The van der Waals surface area contributed by atoms with Gasteiger partial charge < -0.3 is 5.32 Å².